The minimum absolute atomic E-state index is 0.0221. The van der Waals surface area contributed by atoms with Gasteiger partial charge < -0.3 is 15.5 Å². The molecule has 164 valence electrons. The van der Waals surface area contributed by atoms with Gasteiger partial charge in [-0.15, -0.1) is 0 Å². The fourth-order valence-electron chi connectivity index (χ4n) is 4.34. The van der Waals surface area contributed by atoms with Gasteiger partial charge in [-0.25, -0.2) is 4.39 Å². The lowest BCUT2D eigenvalue weighted by Crippen LogP contribution is -2.42. The molecule has 2 amide bonds. The largest absolute Gasteiger partial charge is 0.339 e. The van der Waals surface area contributed by atoms with Gasteiger partial charge in [0.05, 0.1) is 5.92 Å². The average Bonchev–Trinajstić information content (AvgIpc) is 3.47. The van der Waals surface area contributed by atoms with Crippen LogP contribution in [0, 0.1) is 18.7 Å². The van der Waals surface area contributed by atoms with Gasteiger partial charge in [-0.05, 0) is 69.0 Å². The number of benzene rings is 2. The molecule has 2 fully saturated rings. The van der Waals surface area contributed by atoms with Crippen LogP contribution in [0.1, 0.15) is 42.7 Å². The number of halogens is 1. The van der Waals surface area contributed by atoms with Crippen LogP contribution in [0.5, 0.6) is 0 Å². The summed E-state index contributed by atoms with van der Waals surface area (Å²) in [4.78, 5) is 27.1. The van der Waals surface area contributed by atoms with Crippen molar-refractivity contribution in [3.05, 3.63) is 65.5 Å². The summed E-state index contributed by atoms with van der Waals surface area (Å²) in [5, 5.41) is 6.08. The third-order valence-electron chi connectivity index (χ3n) is 6.18. The van der Waals surface area contributed by atoms with E-state index in [4.69, 9.17) is 0 Å². The van der Waals surface area contributed by atoms with E-state index in [9.17, 15) is 14.0 Å². The molecule has 2 aromatic rings. The van der Waals surface area contributed by atoms with Crippen molar-refractivity contribution in [3.8, 4) is 0 Å². The number of amides is 2. The van der Waals surface area contributed by atoms with Gasteiger partial charge >= 0.3 is 0 Å². The highest BCUT2D eigenvalue weighted by Crippen LogP contribution is 2.37. The van der Waals surface area contributed by atoms with Gasteiger partial charge in [0.1, 0.15) is 5.82 Å². The highest BCUT2D eigenvalue weighted by Gasteiger charge is 2.40. The number of anilines is 1. The van der Waals surface area contributed by atoms with Crippen LogP contribution >= 0.6 is 0 Å². The molecular weight excluding hydrogens is 393 g/mol. The Balaban J connectivity index is 0.000000282. The molecule has 2 aliphatic heterocycles. The van der Waals surface area contributed by atoms with E-state index in [0.29, 0.717) is 23.2 Å². The van der Waals surface area contributed by atoms with E-state index >= 15 is 0 Å². The first kappa shape index (κ1) is 21.5. The highest BCUT2D eigenvalue weighted by atomic mass is 19.1. The predicted octanol–water partition coefficient (Wildman–Crippen LogP) is 3.85. The molecule has 1 saturated carbocycles. The molecule has 3 aliphatic rings. The summed E-state index contributed by atoms with van der Waals surface area (Å²) < 4.78 is 13.7. The van der Waals surface area contributed by atoms with Crippen LogP contribution in [0.2, 0.25) is 0 Å². The van der Waals surface area contributed by atoms with Crippen molar-refractivity contribution in [2.45, 2.75) is 44.6 Å². The third kappa shape index (κ3) is 5.50. The first-order chi connectivity index (χ1) is 15.0. The minimum Gasteiger partial charge on any atom is -0.339 e. The van der Waals surface area contributed by atoms with Crippen LogP contribution in [-0.2, 0) is 9.59 Å². The average molecular weight is 424 g/mol. The molecule has 0 aromatic heterocycles. The van der Waals surface area contributed by atoms with E-state index in [1.807, 2.05) is 23.1 Å². The maximum Gasteiger partial charge on any atom is 0.230 e. The number of hydrogen-bond acceptors (Lipinski definition) is 3. The number of hydrogen-bond donors (Lipinski definition) is 2. The molecule has 0 bridgehead atoms. The number of aryl methyl sites for hydroxylation is 1. The van der Waals surface area contributed by atoms with Gasteiger partial charge in [-0.3, -0.25) is 9.59 Å². The Bertz CT molecular complexity index is 924. The van der Waals surface area contributed by atoms with Crippen molar-refractivity contribution in [1.29, 1.82) is 0 Å². The van der Waals surface area contributed by atoms with Crippen LogP contribution in [0.25, 0.3) is 0 Å². The summed E-state index contributed by atoms with van der Waals surface area (Å²) in [5.74, 6) is -0.670. The zero-order valence-electron chi connectivity index (χ0n) is 17.9. The second-order valence-electron chi connectivity index (χ2n) is 8.77. The summed E-state index contributed by atoms with van der Waals surface area (Å²) in [5.41, 5.74) is 2.49. The molecule has 5 rings (SSSR count). The minimum atomic E-state index is -0.570. The summed E-state index contributed by atoms with van der Waals surface area (Å²) in [6, 6.07) is 14.8. The van der Waals surface area contributed by atoms with E-state index in [0.717, 1.165) is 38.9 Å². The maximum absolute atomic E-state index is 13.7. The number of fused-ring (bicyclic) bond motifs is 1. The second kappa shape index (κ2) is 9.60. The third-order valence-corrected chi connectivity index (χ3v) is 6.18. The first-order valence-corrected chi connectivity index (χ1v) is 11.1. The molecule has 2 aromatic carbocycles. The summed E-state index contributed by atoms with van der Waals surface area (Å²) in [7, 11) is 0. The second-order valence-corrected chi connectivity index (χ2v) is 8.77. The van der Waals surface area contributed by atoms with Gasteiger partial charge in [0.2, 0.25) is 11.8 Å². The molecule has 1 aliphatic carbocycles. The molecule has 6 heteroatoms. The Kier molecular flexibility index (Phi) is 6.66. The van der Waals surface area contributed by atoms with Crippen LogP contribution in [0.3, 0.4) is 0 Å². The van der Waals surface area contributed by atoms with Crippen molar-refractivity contribution in [2.24, 2.45) is 5.92 Å². The number of nitrogens with one attached hydrogen (secondary N) is 2. The Morgan fingerprint density at radius 1 is 1.13 bits per heavy atom. The Labute approximate surface area is 183 Å². The van der Waals surface area contributed by atoms with Crippen molar-refractivity contribution in [1.82, 2.24) is 10.2 Å². The zero-order chi connectivity index (χ0) is 21.8. The van der Waals surface area contributed by atoms with E-state index in [2.05, 4.69) is 29.7 Å². The van der Waals surface area contributed by atoms with E-state index in [1.165, 1.54) is 17.7 Å². The zero-order valence-corrected chi connectivity index (χ0v) is 17.9. The van der Waals surface area contributed by atoms with Crippen molar-refractivity contribution >= 4 is 17.5 Å². The normalized spacial score (nSPS) is 22.1. The van der Waals surface area contributed by atoms with Crippen molar-refractivity contribution in [2.75, 3.05) is 25.0 Å². The van der Waals surface area contributed by atoms with Crippen LogP contribution in [0.15, 0.2) is 48.5 Å². The Morgan fingerprint density at radius 3 is 2.52 bits per heavy atom. The van der Waals surface area contributed by atoms with Gasteiger partial charge in [0.15, 0.2) is 0 Å². The van der Waals surface area contributed by atoms with E-state index < -0.39 is 5.92 Å². The SMILES string of the molecule is Cc1ccccc1.O=C1CC(C(=O)N(CC2CCNC2)C2CC2)c2cc(F)ccc2N1. The van der Waals surface area contributed by atoms with Crippen LogP contribution < -0.4 is 10.6 Å². The molecule has 5 nitrogen and oxygen atoms in total. The van der Waals surface area contributed by atoms with E-state index in [-0.39, 0.29) is 24.1 Å². The quantitative estimate of drug-likeness (QED) is 0.785. The Morgan fingerprint density at radius 2 is 1.90 bits per heavy atom. The van der Waals surface area contributed by atoms with Crippen LogP contribution in [0.4, 0.5) is 10.1 Å². The van der Waals surface area contributed by atoms with Gasteiger partial charge in [-0.1, -0.05) is 35.9 Å². The van der Waals surface area contributed by atoms with Crippen molar-refractivity contribution < 1.29 is 14.0 Å². The molecule has 2 atom stereocenters. The number of rotatable bonds is 4. The number of carbonyl (C=O) groups is 2. The molecular formula is C25H30FN3O2. The highest BCUT2D eigenvalue weighted by molar-refractivity contribution is 6.01. The van der Waals surface area contributed by atoms with Crippen LogP contribution in [-0.4, -0.2) is 42.4 Å². The topological polar surface area (TPSA) is 61.4 Å². The maximum atomic E-state index is 13.7. The fourth-order valence-corrected chi connectivity index (χ4v) is 4.34. The number of nitrogens with zero attached hydrogens (tertiary/aromatic N) is 1. The molecule has 2 unspecified atom stereocenters. The predicted molar refractivity (Wildman–Crippen MR) is 119 cm³/mol. The molecule has 31 heavy (non-hydrogen) atoms. The lowest BCUT2D eigenvalue weighted by atomic mass is 9.88. The molecule has 0 radical (unpaired) electrons. The molecule has 2 N–H and O–H groups in total. The Hall–Kier alpha value is -2.73. The van der Waals surface area contributed by atoms with Gasteiger partial charge in [-0.2, -0.15) is 0 Å². The number of carbonyl (C=O) groups excluding carboxylic acids is 2. The molecule has 0 spiro atoms. The van der Waals surface area contributed by atoms with Gasteiger partial charge in [0, 0.05) is 24.7 Å². The summed E-state index contributed by atoms with van der Waals surface area (Å²) in [6.07, 6.45) is 3.23. The smallest absolute Gasteiger partial charge is 0.230 e. The summed E-state index contributed by atoms with van der Waals surface area (Å²) >= 11 is 0. The standard InChI is InChI=1S/C18H22FN3O2.C7H8/c19-12-1-4-16-14(7-12)15(8-17(23)21-16)18(24)22(13-2-3-13)10-11-5-6-20-9-11;1-7-5-3-2-4-6-7/h1,4,7,11,13,15,20H,2-3,5-6,8-10H2,(H,21,23);2-6H,1H3. The van der Waals surface area contributed by atoms with E-state index in [1.54, 1.807) is 6.07 Å². The first-order valence-electron chi connectivity index (χ1n) is 11.1. The molecule has 1 saturated heterocycles. The lowest BCUT2D eigenvalue weighted by Gasteiger charge is -2.32. The van der Waals surface area contributed by atoms with Gasteiger partial charge in [0.25, 0.3) is 0 Å². The van der Waals surface area contributed by atoms with Crippen molar-refractivity contribution in [3.63, 3.8) is 0 Å². The summed E-state index contributed by atoms with van der Waals surface area (Å²) in [6.45, 7) is 4.75. The fraction of sp³-hybridized carbons (Fsp3) is 0.440. The monoisotopic (exact) mass is 423 g/mol. The molecule has 2 heterocycles. The lowest BCUT2D eigenvalue weighted by molar-refractivity contribution is -0.136.